The Labute approximate surface area is 77.5 Å². The van der Waals surface area contributed by atoms with Crippen molar-refractivity contribution >= 4 is 0 Å². The van der Waals surface area contributed by atoms with E-state index >= 15 is 0 Å². The van der Waals surface area contributed by atoms with Crippen molar-refractivity contribution in [3.63, 3.8) is 0 Å². The Morgan fingerprint density at radius 1 is 1.31 bits per heavy atom. The van der Waals surface area contributed by atoms with Gasteiger partial charge in [0.05, 0.1) is 6.61 Å². The molecule has 68 valence electrons. The molecule has 0 radical (unpaired) electrons. The average Bonchev–Trinajstić information content (AvgIpc) is 2.53. The lowest BCUT2D eigenvalue weighted by molar-refractivity contribution is 0.126. The smallest absolute Gasteiger partial charge is 0.115 e. The van der Waals surface area contributed by atoms with E-state index in [9.17, 15) is 0 Å². The van der Waals surface area contributed by atoms with Crippen LogP contribution in [-0.4, -0.2) is 11.7 Å². The molecule has 0 spiro atoms. The Bertz CT molecular complexity index is 324. The Morgan fingerprint density at radius 3 is 2.54 bits per heavy atom. The number of phenolic OH excluding ortho intramolecular Hbond substituents is 1. The Balaban J connectivity index is 2.22. The third-order valence-corrected chi connectivity index (χ3v) is 2.15. The van der Waals surface area contributed by atoms with E-state index in [1.165, 1.54) is 5.57 Å². The zero-order valence-corrected chi connectivity index (χ0v) is 7.53. The van der Waals surface area contributed by atoms with Crippen LogP contribution in [0, 0.1) is 0 Å². The number of rotatable bonds is 1. The quantitative estimate of drug-likeness (QED) is 0.666. The van der Waals surface area contributed by atoms with Crippen molar-refractivity contribution in [1.82, 2.24) is 0 Å². The van der Waals surface area contributed by atoms with Crippen LogP contribution < -0.4 is 0 Å². The molecule has 0 amide bonds. The molecule has 2 nitrogen and oxygen atoms in total. The highest BCUT2D eigenvalue weighted by Gasteiger charge is 2.14. The molecule has 1 aromatic carbocycles. The van der Waals surface area contributed by atoms with Crippen molar-refractivity contribution in [1.29, 1.82) is 0 Å². The number of ether oxygens (including phenoxy) is 1. The Kier molecular flexibility index (Phi) is 2.07. The highest BCUT2D eigenvalue weighted by atomic mass is 16.5. The van der Waals surface area contributed by atoms with E-state index < -0.39 is 0 Å². The summed E-state index contributed by atoms with van der Waals surface area (Å²) in [6.45, 7) is 2.77. The van der Waals surface area contributed by atoms with Gasteiger partial charge in [-0.1, -0.05) is 18.2 Å². The third-order valence-electron chi connectivity index (χ3n) is 2.15. The molecule has 0 aromatic heterocycles. The Hall–Kier alpha value is -1.28. The first-order chi connectivity index (χ1) is 6.25. The lowest BCUT2D eigenvalue weighted by Gasteiger charge is -2.07. The second-order valence-corrected chi connectivity index (χ2v) is 3.34. The van der Waals surface area contributed by atoms with E-state index in [-0.39, 0.29) is 6.10 Å². The van der Waals surface area contributed by atoms with Crippen molar-refractivity contribution in [3.8, 4) is 5.75 Å². The maximum absolute atomic E-state index is 9.10. The average molecular weight is 176 g/mol. The minimum Gasteiger partial charge on any atom is -0.508 e. The van der Waals surface area contributed by atoms with Gasteiger partial charge in [0.2, 0.25) is 0 Å². The zero-order valence-electron chi connectivity index (χ0n) is 7.53. The molecule has 1 unspecified atom stereocenters. The lowest BCUT2D eigenvalue weighted by atomic mass is 10.1. The van der Waals surface area contributed by atoms with Gasteiger partial charge in [0.15, 0.2) is 0 Å². The maximum atomic E-state index is 9.10. The number of hydrogen-bond acceptors (Lipinski definition) is 2. The predicted molar refractivity (Wildman–Crippen MR) is 50.6 cm³/mol. The van der Waals surface area contributed by atoms with Crippen LogP contribution in [0.1, 0.15) is 18.6 Å². The molecule has 1 aliphatic rings. The number of hydrogen-bond donors (Lipinski definition) is 1. The minimum absolute atomic E-state index is 0.0700. The zero-order chi connectivity index (χ0) is 9.26. The first-order valence-corrected chi connectivity index (χ1v) is 4.33. The maximum Gasteiger partial charge on any atom is 0.115 e. The number of phenols is 1. The summed E-state index contributed by atoms with van der Waals surface area (Å²) < 4.78 is 5.52. The van der Waals surface area contributed by atoms with E-state index in [4.69, 9.17) is 9.84 Å². The van der Waals surface area contributed by atoms with Gasteiger partial charge in [0.25, 0.3) is 0 Å². The summed E-state index contributed by atoms with van der Waals surface area (Å²) in [4.78, 5) is 0. The van der Waals surface area contributed by atoms with E-state index in [0.717, 1.165) is 5.56 Å². The largest absolute Gasteiger partial charge is 0.508 e. The molecule has 2 heteroatoms. The second-order valence-electron chi connectivity index (χ2n) is 3.34. The summed E-state index contributed by atoms with van der Waals surface area (Å²) >= 11 is 0. The molecule has 1 aromatic rings. The minimum atomic E-state index is 0.0700. The fourth-order valence-electron chi connectivity index (χ4n) is 1.43. The van der Waals surface area contributed by atoms with Gasteiger partial charge in [-0.25, -0.2) is 0 Å². The summed E-state index contributed by atoms with van der Waals surface area (Å²) in [6, 6.07) is 7.13. The van der Waals surface area contributed by atoms with Gasteiger partial charge in [-0.3, -0.25) is 0 Å². The monoisotopic (exact) mass is 176 g/mol. The summed E-state index contributed by atoms with van der Waals surface area (Å²) in [6.07, 6.45) is 2.17. The molecule has 1 atom stereocenters. The first-order valence-electron chi connectivity index (χ1n) is 4.33. The van der Waals surface area contributed by atoms with Crippen LogP contribution in [0.5, 0.6) is 5.75 Å². The van der Waals surface area contributed by atoms with Crippen LogP contribution in [0.15, 0.2) is 35.9 Å². The standard InChI is InChI=1S/C11H12O2/c1-8-6-11(13-7-8)9-2-4-10(12)5-3-9/h2-6,11-12H,7H2,1H3. The molecule has 1 aliphatic heterocycles. The molecule has 2 rings (SSSR count). The normalized spacial score (nSPS) is 21.6. The van der Waals surface area contributed by atoms with Crippen LogP contribution in [0.2, 0.25) is 0 Å². The summed E-state index contributed by atoms with van der Waals surface area (Å²) in [5.41, 5.74) is 2.35. The van der Waals surface area contributed by atoms with Crippen molar-refractivity contribution in [2.75, 3.05) is 6.61 Å². The summed E-state index contributed by atoms with van der Waals surface area (Å²) in [5.74, 6) is 0.294. The highest BCUT2D eigenvalue weighted by Crippen LogP contribution is 2.27. The van der Waals surface area contributed by atoms with Gasteiger partial charge in [-0.05, 0) is 30.2 Å². The molecule has 1 N–H and O–H groups in total. The SMILES string of the molecule is CC1=CC(c2ccc(O)cc2)OC1. The van der Waals surface area contributed by atoms with Gasteiger partial charge in [0, 0.05) is 0 Å². The van der Waals surface area contributed by atoms with Crippen molar-refractivity contribution < 1.29 is 9.84 Å². The lowest BCUT2D eigenvalue weighted by Crippen LogP contribution is -1.94. The van der Waals surface area contributed by atoms with Gasteiger partial charge < -0.3 is 9.84 Å². The molecule has 0 fully saturated rings. The molecule has 1 heterocycles. The fraction of sp³-hybridized carbons (Fsp3) is 0.273. The summed E-state index contributed by atoms with van der Waals surface area (Å²) in [5, 5.41) is 9.10. The van der Waals surface area contributed by atoms with Crippen molar-refractivity contribution in [2.24, 2.45) is 0 Å². The topological polar surface area (TPSA) is 29.5 Å². The molecule has 0 aliphatic carbocycles. The molecular weight excluding hydrogens is 164 g/mol. The molecule has 0 bridgehead atoms. The van der Waals surface area contributed by atoms with Crippen LogP contribution >= 0.6 is 0 Å². The molecule has 0 saturated carbocycles. The molecular formula is C11H12O2. The van der Waals surface area contributed by atoms with E-state index in [1.54, 1.807) is 12.1 Å². The highest BCUT2D eigenvalue weighted by molar-refractivity contribution is 5.31. The summed E-state index contributed by atoms with van der Waals surface area (Å²) in [7, 11) is 0. The van der Waals surface area contributed by atoms with Crippen LogP contribution in [0.25, 0.3) is 0 Å². The number of benzene rings is 1. The van der Waals surface area contributed by atoms with Crippen LogP contribution in [0.3, 0.4) is 0 Å². The van der Waals surface area contributed by atoms with Crippen molar-refractivity contribution in [3.05, 3.63) is 41.5 Å². The first kappa shape index (κ1) is 8.32. The fourth-order valence-corrected chi connectivity index (χ4v) is 1.43. The van der Waals surface area contributed by atoms with Crippen LogP contribution in [-0.2, 0) is 4.74 Å². The van der Waals surface area contributed by atoms with Crippen molar-refractivity contribution in [2.45, 2.75) is 13.0 Å². The molecule has 13 heavy (non-hydrogen) atoms. The third kappa shape index (κ3) is 1.73. The van der Waals surface area contributed by atoms with Crippen LogP contribution in [0.4, 0.5) is 0 Å². The van der Waals surface area contributed by atoms with Gasteiger partial charge >= 0.3 is 0 Å². The molecule has 0 saturated heterocycles. The van der Waals surface area contributed by atoms with Gasteiger partial charge in [-0.2, -0.15) is 0 Å². The van der Waals surface area contributed by atoms with Gasteiger partial charge in [-0.15, -0.1) is 0 Å². The van der Waals surface area contributed by atoms with E-state index in [2.05, 4.69) is 13.0 Å². The Morgan fingerprint density at radius 2 is 2.00 bits per heavy atom. The predicted octanol–water partition coefficient (Wildman–Crippen LogP) is 2.41. The van der Waals surface area contributed by atoms with E-state index in [0.29, 0.717) is 12.4 Å². The van der Waals surface area contributed by atoms with Gasteiger partial charge in [0.1, 0.15) is 11.9 Å². The number of aromatic hydroxyl groups is 1. The second kappa shape index (κ2) is 3.23. The van der Waals surface area contributed by atoms with E-state index in [1.807, 2.05) is 12.1 Å².